The Balaban J connectivity index is 1.93. The number of hydrogen-bond donors (Lipinski definition) is 2. The number of nitrogens with one attached hydrogen (secondary N) is 2. The standard InChI is InChI=1S/C16H14F4N2O2/c1-9(10-2-7-13(17)14(18)8-10)21-16(23)22-11-3-5-12(6-4-11)24-15(19)20/h2-9,15H,1H3,(H2,21,22,23)/t9-/m1/s1. The molecule has 0 aliphatic carbocycles. The molecule has 2 N–H and O–H groups in total. The highest BCUT2D eigenvalue weighted by Crippen LogP contribution is 2.19. The van der Waals surface area contributed by atoms with Gasteiger partial charge in [-0.05, 0) is 48.9 Å². The summed E-state index contributed by atoms with van der Waals surface area (Å²) < 4.78 is 54.3. The summed E-state index contributed by atoms with van der Waals surface area (Å²) in [6.07, 6.45) is 0. The molecule has 0 saturated heterocycles. The minimum absolute atomic E-state index is 0.0360. The van der Waals surface area contributed by atoms with Crippen LogP contribution in [0.15, 0.2) is 42.5 Å². The molecule has 0 unspecified atom stereocenters. The number of amides is 2. The molecule has 2 aromatic rings. The molecule has 24 heavy (non-hydrogen) atoms. The summed E-state index contributed by atoms with van der Waals surface area (Å²) in [4.78, 5) is 11.9. The van der Waals surface area contributed by atoms with Crippen molar-refractivity contribution in [3.8, 4) is 5.75 Å². The Labute approximate surface area is 135 Å². The van der Waals surface area contributed by atoms with E-state index in [0.717, 1.165) is 12.1 Å². The van der Waals surface area contributed by atoms with E-state index in [1.165, 1.54) is 30.3 Å². The number of carbonyl (C=O) groups is 1. The zero-order valence-electron chi connectivity index (χ0n) is 12.5. The van der Waals surface area contributed by atoms with Crippen LogP contribution >= 0.6 is 0 Å². The molecule has 8 heteroatoms. The lowest BCUT2D eigenvalue weighted by atomic mass is 10.1. The first-order chi connectivity index (χ1) is 11.3. The van der Waals surface area contributed by atoms with Crippen molar-refractivity contribution < 1.29 is 27.1 Å². The molecule has 0 heterocycles. The summed E-state index contributed by atoms with van der Waals surface area (Å²) in [6.45, 7) is -1.32. The Morgan fingerprint density at radius 1 is 1.04 bits per heavy atom. The van der Waals surface area contributed by atoms with Crippen LogP contribution in [-0.2, 0) is 0 Å². The molecule has 4 nitrogen and oxygen atoms in total. The molecule has 0 aliphatic rings. The van der Waals surface area contributed by atoms with E-state index < -0.39 is 30.3 Å². The average molecular weight is 342 g/mol. The van der Waals surface area contributed by atoms with Crippen LogP contribution in [0.3, 0.4) is 0 Å². The highest BCUT2D eigenvalue weighted by Gasteiger charge is 2.12. The van der Waals surface area contributed by atoms with Gasteiger partial charge in [0, 0.05) is 5.69 Å². The molecular weight excluding hydrogens is 328 g/mol. The van der Waals surface area contributed by atoms with Gasteiger partial charge in [-0.2, -0.15) is 8.78 Å². The van der Waals surface area contributed by atoms with Crippen LogP contribution in [0.5, 0.6) is 5.75 Å². The molecule has 0 aliphatic heterocycles. The van der Waals surface area contributed by atoms with Crippen LogP contribution in [0, 0.1) is 11.6 Å². The molecule has 2 rings (SSSR count). The van der Waals surface area contributed by atoms with Gasteiger partial charge in [0.2, 0.25) is 0 Å². The molecule has 0 fully saturated rings. The van der Waals surface area contributed by atoms with Crippen molar-refractivity contribution >= 4 is 11.7 Å². The second-order valence-electron chi connectivity index (χ2n) is 4.90. The molecule has 0 bridgehead atoms. The lowest BCUT2D eigenvalue weighted by molar-refractivity contribution is -0.0498. The smallest absolute Gasteiger partial charge is 0.387 e. The van der Waals surface area contributed by atoms with E-state index in [4.69, 9.17) is 0 Å². The number of anilines is 1. The fourth-order valence-electron chi connectivity index (χ4n) is 1.95. The number of carbonyl (C=O) groups excluding carboxylic acids is 1. The summed E-state index contributed by atoms with van der Waals surface area (Å²) in [6, 6.07) is 7.51. The molecule has 0 radical (unpaired) electrons. The Morgan fingerprint density at radius 3 is 2.29 bits per heavy atom. The molecule has 1 atom stereocenters. The third kappa shape index (κ3) is 4.87. The predicted molar refractivity (Wildman–Crippen MR) is 80.0 cm³/mol. The molecule has 128 valence electrons. The summed E-state index contributed by atoms with van der Waals surface area (Å²) in [5.41, 5.74) is 0.747. The van der Waals surface area contributed by atoms with E-state index in [0.29, 0.717) is 11.3 Å². The van der Waals surface area contributed by atoms with E-state index >= 15 is 0 Å². The molecular formula is C16H14F4N2O2. The van der Waals surface area contributed by atoms with Crippen LogP contribution < -0.4 is 15.4 Å². The first-order valence-corrected chi connectivity index (χ1v) is 6.92. The van der Waals surface area contributed by atoms with Crippen molar-refractivity contribution in [2.75, 3.05) is 5.32 Å². The Hall–Kier alpha value is -2.77. The van der Waals surface area contributed by atoms with Crippen molar-refractivity contribution in [3.63, 3.8) is 0 Å². The SMILES string of the molecule is C[C@@H](NC(=O)Nc1ccc(OC(F)F)cc1)c1ccc(F)c(F)c1. The van der Waals surface area contributed by atoms with Crippen LogP contribution in [0.25, 0.3) is 0 Å². The Bertz CT molecular complexity index is 708. The van der Waals surface area contributed by atoms with E-state index in [1.54, 1.807) is 6.92 Å². The highest BCUT2D eigenvalue weighted by atomic mass is 19.3. The van der Waals surface area contributed by atoms with Crippen molar-refractivity contribution in [1.82, 2.24) is 5.32 Å². The van der Waals surface area contributed by atoms with Gasteiger partial charge in [-0.1, -0.05) is 6.07 Å². The van der Waals surface area contributed by atoms with E-state index in [9.17, 15) is 22.4 Å². The van der Waals surface area contributed by atoms with Crippen LogP contribution in [0.2, 0.25) is 0 Å². The van der Waals surface area contributed by atoms with Crippen molar-refractivity contribution in [2.24, 2.45) is 0 Å². The zero-order chi connectivity index (χ0) is 17.7. The van der Waals surface area contributed by atoms with Gasteiger partial charge in [-0.3, -0.25) is 0 Å². The first-order valence-electron chi connectivity index (χ1n) is 6.92. The second kappa shape index (κ2) is 7.67. The Kier molecular flexibility index (Phi) is 5.62. The van der Waals surface area contributed by atoms with Crippen molar-refractivity contribution in [2.45, 2.75) is 19.6 Å². The van der Waals surface area contributed by atoms with E-state index in [1.807, 2.05) is 0 Å². The third-order valence-electron chi connectivity index (χ3n) is 3.13. The van der Waals surface area contributed by atoms with Gasteiger partial charge in [0.25, 0.3) is 0 Å². The number of alkyl halides is 2. The van der Waals surface area contributed by atoms with Gasteiger partial charge < -0.3 is 15.4 Å². The second-order valence-corrected chi connectivity index (χ2v) is 4.90. The monoisotopic (exact) mass is 342 g/mol. The predicted octanol–water partition coefficient (Wildman–Crippen LogP) is 4.45. The largest absolute Gasteiger partial charge is 0.435 e. The molecule has 0 aromatic heterocycles. The Morgan fingerprint density at radius 2 is 1.71 bits per heavy atom. The normalized spacial score (nSPS) is 11.9. The summed E-state index contributed by atoms with van der Waals surface area (Å²) in [5, 5.41) is 5.04. The fraction of sp³-hybridized carbons (Fsp3) is 0.188. The zero-order valence-corrected chi connectivity index (χ0v) is 12.5. The summed E-state index contributed by atoms with van der Waals surface area (Å²) >= 11 is 0. The molecule has 0 spiro atoms. The van der Waals surface area contributed by atoms with Crippen LogP contribution in [0.4, 0.5) is 28.0 Å². The molecule has 2 amide bonds. The van der Waals surface area contributed by atoms with Crippen LogP contribution in [-0.4, -0.2) is 12.6 Å². The summed E-state index contributed by atoms with van der Waals surface area (Å²) in [7, 11) is 0. The fourth-order valence-corrected chi connectivity index (χ4v) is 1.95. The quantitative estimate of drug-likeness (QED) is 0.789. The number of halogens is 4. The average Bonchev–Trinajstić information content (AvgIpc) is 2.51. The van der Waals surface area contributed by atoms with E-state index in [2.05, 4.69) is 15.4 Å². The van der Waals surface area contributed by atoms with Crippen molar-refractivity contribution in [3.05, 3.63) is 59.7 Å². The topological polar surface area (TPSA) is 50.4 Å². The van der Waals surface area contributed by atoms with Gasteiger partial charge in [0.1, 0.15) is 5.75 Å². The van der Waals surface area contributed by atoms with Gasteiger partial charge in [-0.15, -0.1) is 0 Å². The maximum Gasteiger partial charge on any atom is 0.387 e. The first kappa shape index (κ1) is 17.6. The molecule has 2 aromatic carbocycles. The number of rotatable bonds is 5. The minimum atomic E-state index is -2.93. The van der Waals surface area contributed by atoms with Gasteiger partial charge in [0.05, 0.1) is 6.04 Å². The van der Waals surface area contributed by atoms with E-state index in [-0.39, 0.29) is 5.75 Å². The lowest BCUT2D eigenvalue weighted by Crippen LogP contribution is -2.31. The lowest BCUT2D eigenvalue weighted by Gasteiger charge is -2.15. The maximum absolute atomic E-state index is 13.2. The van der Waals surface area contributed by atoms with Gasteiger partial charge in [0.15, 0.2) is 11.6 Å². The van der Waals surface area contributed by atoms with Crippen LogP contribution in [0.1, 0.15) is 18.5 Å². The third-order valence-corrected chi connectivity index (χ3v) is 3.13. The molecule has 0 saturated carbocycles. The van der Waals surface area contributed by atoms with Gasteiger partial charge >= 0.3 is 12.6 Å². The minimum Gasteiger partial charge on any atom is -0.435 e. The summed E-state index contributed by atoms with van der Waals surface area (Å²) in [5.74, 6) is -2.01. The number of benzene rings is 2. The number of hydrogen-bond acceptors (Lipinski definition) is 2. The highest BCUT2D eigenvalue weighted by molar-refractivity contribution is 5.89. The van der Waals surface area contributed by atoms with Crippen molar-refractivity contribution in [1.29, 1.82) is 0 Å². The maximum atomic E-state index is 13.2. The number of urea groups is 1. The number of ether oxygens (including phenoxy) is 1. The van der Waals surface area contributed by atoms with Gasteiger partial charge in [-0.25, -0.2) is 13.6 Å².